The number of benzene rings is 8. The van der Waals surface area contributed by atoms with Gasteiger partial charge in [-0.2, -0.15) is 0 Å². The van der Waals surface area contributed by atoms with Gasteiger partial charge in [0.2, 0.25) is 0 Å². The molecule has 4 nitrogen and oxygen atoms in total. The molecule has 3 heterocycles. The van der Waals surface area contributed by atoms with E-state index in [4.69, 9.17) is 19.1 Å². The molecular weight excluding hydrogens is 645 g/mol. The van der Waals surface area contributed by atoms with Gasteiger partial charge in [0.1, 0.15) is 22.7 Å². The minimum absolute atomic E-state index is 0.665. The molecule has 238 valence electrons. The zero-order chi connectivity index (χ0) is 33.5. The van der Waals surface area contributed by atoms with Crippen molar-refractivity contribution >= 4 is 66.0 Å². The first kappa shape index (κ1) is 28.4. The maximum atomic E-state index is 6.40. The third kappa shape index (κ3) is 4.48. The van der Waals surface area contributed by atoms with E-state index in [9.17, 15) is 0 Å². The molecule has 1 aliphatic rings. The van der Waals surface area contributed by atoms with Crippen molar-refractivity contribution in [2.45, 2.75) is 9.79 Å². The Morgan fingerprint density at radius 2 is 1.02 bits per heavy atom. The lowest BCUT2D eigenvalue weighted by Crippen LogP contribution is -2.00. The van der Waals surface area contributed by atoms with Crippen LogP contribution in [0.5, 0.6) is 11.5 Å². The fraction of sp³-hybridized carbons (Fsp3) is 0. The molecule has 5 heteroatoms. The van der Waals surface area contributed by atoms with Crippen LogP contribution in [-0.4, -0.2) is 9.97 Å². The van der Waals surface area contributed by atoms with E-state index in [1.807, 2.05) is 54.6 Å². The molecule has 8 aromatic carbocycles. The van der Waals surface area contributed by atoms with Gasteiger partial charge in [-0.25, -0.2) is 9.97 Å². The largest absolute Gasteiger partial charge is 0.456 e. The van der Waals surface area contributed by atoms with Gasteiger partial charge in [-0.15, -0.1) is 0 Å². The van der Waals surface area contributed by atoms with Crippen LogP contribution in [0.4, 0.5) is 0 Å². The van der Waals surface area contributed by atoms with E-state index < -0.39 is 0 Å². The van der Waals surface area contributed by atoms with E-state index in [1.165, 1.54) is 32.3 Å². The van der Waals surface area contributed by atoms with E-state index in [0.29, 0.717) is 5.82 Å². The van der Waals surface area contributed by atoms with Crippen molar-refractivity contribution in [1.82, 2.24) is 9.97 Å². The Balaban J connectivity index is 1.15. The molecule has 0 unspecified atom stereocenters. The Bertz CT molecular complexity index is 3020. The fourth-order valence-electron chi connectivity index (χ4n) is 7.54. The number of nitrogens with zero attached hydrogens (tertiary/aromatic N) is 2. The maximum Gasteiger partial charge on any atom is 0.160 e. The molecule has 0 saturated carbocycles. The number of furan rings is 1. The van der Waals surface area contributed by atoms with Crippen molar-refractivity contribution in [2.24, 2.45) is 0 Å². The number of rotatable bonds is 3. The summed E-state index contributed by atoms with van der Waals surface area (Å²) in [5.74, 6) is 2.36. The van der Waals surface area contributed by atoms with Crippen LogP contribution in [0.3, 0.4) is 0 Å². The lowest BCUT2D eigenvalue weighted by molar-refractivity contribution is 0.455. The predicted octanol–water partition coefficient (Wildman–Crippen LogP) is 13.1. The van der Waals surface area contributed by atoms with Crippen molar-refractivity contribution in [1.29, 1.82) is 0 Å². The van der Waals surface area contributed by atoms with Crippen molar-refractivity contribution in [2.75, 3.05) is 0 Å². The highest BCUT2D eigenvalue weighted by atomic mass is 32.2. The molecule has 1 aliphatic heterocycles. The third-order valence-electron chi connectivity index (χ3n) is 9.94. The molecule has 0 saturated heterocycles. The first-order valence-electron chi connectivity index (χ1n) is 17.0. The molecule has 0 bridgehead atoms. The molecule has 0 radical (unpaired) electrons. The Labute approximate surface area is 297 Å². The lowest BCUT2D eigenvalue weighted by Gasteiger charge is -2.22. The van der Waals surface area contributed by atoms with Crippen LogP contribution in [0.1, 0.15) is 0 Å². The van der Waals surface area contributed by atoms with Gasteiger partial charge in [0.25, 0.3) is 0 Å². The molecule has 2 aromatic heterocycles. The summed E-state index contributed by atoms with van der Waals surface area (Å²) < 4.78 is 12.6. The first-order valence-corrected chi connectivity index (χ1v) is 17.8. The van der Waals surface area contributed by atoms with Crippen molar-refractivity contribution in [3.63, 3.8) is 0 Å². The topological polar surface area (TPSA) is 48.2 Å². The van der Waals surface area contributed by atoms with E-state index in [2.05, 4.69) is 103 Å². The van der Waals surface area contributed by atoms with Gasteiger partial charge < -0.3 is 9.15 Å². The smallest absolute Gasteiger partial charge is 0.160 e. The van der Waals surface area contributed by atoms with Crippen molar-refractivity contribution in [3.05, 3.63) is 158 Å². The molecule has 10 aromatic rings. The van der Waals surface area contributed by atoms with E-state index >= 15 is 0 Å². The minimum Gasteiger partial charge on any atom is -0.456 e. The third-order valence-corrected chi connectivity index (χ3v) is 11.1. The van der Waals surface area contributed by atoms with Gasteiger partial charge in [-0.05, 0) is 86.9 Å². The zero-order valence-electron chi connectivity index (χ0n) is 27.1. The molecular formula is C46H26N2O2S. The Morgan fingerprint density at radius 3 is 1.84 bits per heavy atom. The molecule has 0 atom stereocenters. The summed E-state index contributed by atoms with van der Waals surface area (Å²) in [5, 5.41) is 9.49. The molecule has 11 rings (SSSR count). The zero-order valence-corrected chi connectivity index (χ0v) is 27.9. The second-order valence-electron chi connectivity index (χ2n) is 12.9. The van der Waals surface area contributed by atoms with Crippen LogP contribution < -0.4 is 4.74 Å². The van der Waals surface area contributed by atoms with Crippen molar-refractivity contribution in [3.8, 4) is 45.4 Å². The van der Waals surface area contributed by atoms with E-state index in [0.717, 1.165) is 71.3 Å². The number of para-hydroxylation sites is 2. The van der Waals surface area contributed by atoms with E-state index in [1.54, 1.807) is 11.8 Å². The molecule has 0 amide bonds. The van der Waals surface area contributed by atoms with Crippen LogP contribution in [0.2, 0.25) is 0 Å². The average molecular weight is 671 g/mol. The van der Waals surface area contributed by atoms with Gasteiger partial charge in [0.05, 0.1) is 21.2 Å². The Morgan fingerprint density at radius 1 is 0.412 bits per heavy atom. The maximum absolute atomic E-state index is 6.40. The van der Waals surface area contributed by atoms with Crippen LogP contribution in [-0.2, 0) is 0 Å². The average Bonchev–Trinajstić information content (AvgIpc) is 3.57. The summed E-state index contributed by atoms with van der Waals surface area (Å²) in [4.78, 5) is 12.7. The quantitative estimate of drug-likeness (QED) is 0.175. The molecule has 0 aliphatic carbocycles. The number of fused-ring (bicyclic) bond motifs is 11. The van der Waals surface area contributed by atoms with Crippen molar-refractivity contribution < 1.29 is 9.15 Å². The van der Waals surface area contributed by atoms with Gasteiger partial charge in [-0.3, -0.25) is 0 Å². The monoisotopic (exact) mass is 670 g/mol. The van der Waals surface area contributed by atoms with Gasteiger partial charge in [0.15, 0.2) is 5.82 Å². The minimum atomic E-state index is 0.665. The standard InChI is InChI=1S/C46H26N2O2S/c1-2-12-31-29(10-1)30-11-3-4-13-32(30)36-25-28(20-22-33(31)36)46-47-38(27-21-23-41-37(24-27)34-14-5-6-16-40(34)49-41)26-39(48-46)35-15-9-18-43-45(35)51-44-19-8-7-17-42(44)50-43/h1-26H. The molecule has 51 heavy (non-hydrogen) atoms. The normalized spacial score (nSPS) is 12.4. The van der Waals surface area contributed by atoms with Gasteiger partial charge >= 0.3 is 0 Å². The highest BCUT2D eigenvalue weighted by Crippen LogP contribution is 2.51. The molecule has 0 fully saturated rings. The van der Waals surface area contributed by atoms with Gasteiger partial charge in [0, 0.05) is 27.5 Å². The summed E-state index contributed by atoms with van der Waals surface area (Å²) >= 11 is 1.72. The van der Waals surface area contributed by atoms with Crippen LogP contribution in [0.25, 0.3) is 88.2 Å². The number of ether oxygens (including phenoxy) is 1. The highest BCUT2D eigenvalue weighted by molar-refractivity contribution is 7.99. The first-order chi connectivity index (χ1) is 25.2. The predicted molar refractivity (Wildman–Crippen MR) is 209 cm³/mol. The molecule has 0 spiro atoms. The summed E-state index contributed by atoms with van der Waals surface area (Å²) in [5.41, 5.74) is 6.36. The molecule has 0 N–H and O–H groups in total. The summed E-state index contributed by atoms with van der Waals surface area (Å²) in [6.07, 6.45) is 0. The SMILES string of the molecule is c1ccc2c(c1)Oc1cccc(-c3cc(-c4ccc5oc6ccccc6c5c4)nc(-c4ccc5c6ccccc6c6ccccc6c5c4)n3)c1S2. The van der Waals surface area contributed by atoms with Crippen LogP contribution in [0, 0.1) is 0 Å². The Hall–Kier alpha value is -6.43. The lowest BCUT2D eigenvalue weighted by atomic mass is 9.93. The van der Waals surface area contributed by atoms with Gasteiger partial charge in [-0.1, -0.05) is 115 Å². The van der Waals surface area contributed by atoms with Crippen LogP contribution >= 0.6 is 11.8 Å². The fourth-order valence-corrected chi connectivity index (χ4v) is 8.61. The summed E-state index contributed by atoms with van der Waals surface area (Å²) in [6.45, 7) is 0. The van der Waals surface area contributed by atoms with Crippen LogP contribution in [0.15, 0.2) is 172 Å². The second-order valence-corrected chi connectivity index (χ2v) is 14.0. The number of aromatic nitrogens is 2. The highest BCUT2D eigenvalue weighted by Gasteiger charge is 2.23. The Kier molecular flexibility index (Phi) is 6.15. The number of hydrogen-bond donors (Lipinski definition) is 0. The second kappa shape index (κ2) is 11.0. The summed E-state index contributed by atoms with van der Waals surface area (Å²) in [6, 6.07) is 54.9. The summed E-state index contributed by atoms with van der Waals surface area (Å²) in [7, 11) is 0. The van der Waals surface area contributed by atoms with E-state index in [-0.39, 0.29) is 0 Å². The number of hydrogen-bond acceptors (Lipinski definition) is 5.